The van der Waals surface area contributed by atoms with Crippen LogP contribution in [0.2, 0.25) is 0 Å². The van der Waals surface area contributed by atoms with Crippen LogP contribution in [0.5, 0.6) is 17.2 Å². The molecule has 0 radical (unpaired) electrons. The maximum absolute atomic E-state index is 5.55. The lowest BCUT2D eigenvalue weighted by atomic mass is 10.1. The van der Waals surface area contributed by atoms with Crippen LogP contribution in [0, 0.1) is 0 Å². The zero-order valence-corrected chi connectivity index (χ0v) is 19.7. The molecule has 0 bridgehead atoms. The number of hydrogen-bond acceptors (Lipinski definition) is 5. The van der Waals surface area contributed by atoms with Crippen LogP contribution < -0.4 is 24.8 Å². The Balaban J connectivity index is 1.74. The second-order valence-electron chi connectivity index (χ2n) is 7.76. The summed E-state index contributed by atoms with van der Waals surface area (Å²) in [4.78, 5) is 7.35. The SMILES string of the molecule is CCNC(=NCc1cccc(OC)c1OC)NCC(c1ccc(OC)cc1)N1CCCC1. The van der Waals surface area contributed by atoms with Gasteiger partial charge < -0.3 is 24.8 Å². The van der Waals surface area contributed by atoms with Crippen LogP contribution >= 0.6 is 0 Å². The third-order valence-electron chi connectivity index (χ3n) is 5.78. The van der Waals surface area contributed by atoms with Gasteiger partial charge in [-0.25, -0.2) is 4.99 Å². The van der Waals surface area contributed by atoms with Gasteiger partial charge >= 0.3 is 0 Å². The van der Waals surface area contributed by atoms with Crippen molar-refractivity contribution in [2.75, 3.05) is 47.5 Å². The van der Waals surface area contributed by atoms with Crippen molar-refractivity contribution in [1.82, 2.24) is 15.5 Å². The van der Waals surface area contributed by atoms with Crippen LogP contribution in [0.3, 0.4) is 0 Å². The van der Waals surface area contributed by atoms with Crippen molar-refractivity contribution in [2.24, 2.45) is 4.99 Å². The van der Waals surface area contributed by atoms with E-state index in [1.165, 1.54) is 18.4 Å². The fourth-order valence-electron chi connectivity index (χ4n) is 4.11. The molecule has 1 unspecified atom stereocenters. The first-order chi connectivity index (χ1) is 15.7. The monoisotopic (exact) mass is 440 g/mol. The molecule has 1 atom stereocenters. The molecule has 7 heteroatoms. The molecule has 2 aromatic carbocycles. The number of hydrogen-bond donors (Lipinski definition) is 2. The fraction of sp³-hybridized carbons (Fsp3) is 0.480. The highest BCUT2D eigenvalue weighted by molar-refractivity contribution is 5.79. The van der Waals surface area contributed by atoms with Gasteiger partial charge in [-0.15, -0.1) is 0 Å². The largest absolute Gasteiger partial charge is 0.497 e. The average Bonchev–Trinajstić information content (AvgIpc) is 3.37. The predicted molar refractivity (Wildman–Crippen MR) is 129 cm³/mol. The van der Waals surface area contributed by atoms with Crippen molar-refractivity contribution in [1.29, 1.82) is 0 Å². The Labute approximate surface area is 191 Å². The highest BCUT2D eigenvalue weighted by Gasteiger charge is 2.23. The standard InChI is InChI=1S/C25H36N4O3/c1-5-26-25(27-17-20-9-8-10-23(31-3)24(20)32-4)28-18-22(29-15-6-7-16-29)19-11-13-21(30-2)14-12-19/h8-14,22H,5-7,15-18H2,1-4H3,(H2,26,27,28). The molecule has 2 N–H and O–H groups in total. The summed E-state index contributed by atoms with van der Waals surface area (Å²) in [7, 11) is 5.00. The topological polar surface area (TPSA) is 67.4 Å². The number of methoxy groups -OCH3 is 3. The van der Waals surface area contributed by atoms with E-state index in [9.17, 15) is 0 Å². The summed E-state index contributed by atoms with van der Waals surface area (Å²) in [6, 6.07) is 14.5. The molecule has 1 aliphatic heterocycles. The van der Waals surface area contributed by atoms with Crippen LogP contribution in [-0.4, -0.2) is 58.4 Å². The first kappa shape index (κ1) is 23.7. The van der Waals surface area contributed by atoms with Crippen LogP contribution in [0.4, 0.5) is 0 Å². The number of aliphatic imine (C=N–C) groups is 1. The van der Waals surface area contributed by atoms with Gasteiger partial charge in [-0.05, 0) is 56.6 Å². The van der Waals surface area contributed by atoms with Crippen LogP contribution in [-0.2, 0) is 6.54 Å². The van der Waals surface area contributed by atoms with E-state index >= 15 is 0 Å². The highest BCUT2D eigenvalue weighted by atomic mass is 16.5. The van der Waals surface area contributed by atoms with Crippen LogP contribution in [0.1, 0.15) is 36.9 Å². The van der Waals surface area contributed by atoms with E-state index in [2.05, 4.69) is 34.6 Å². The molecular weight excluding hydrogens is 404 g/mol. The predicted octanol–water partition coefficient (Wildman–Crippen LogP) is 3.60. The van der Waals surface area contributed by atoms with Gasteiger partial charge in [0.25, 0.3) is 0 Å². The number of benzene rings is 2. The Morgan fingerprint density at radius 2 is 1.72 bits per heavy atom. The van der Waals surface area contributed by atoms with E-state index in [1.54, 1.807) is 21.3 Å². The molecule has 0 aromatic heterocycles. The summed E-state index contributed by atoms with van der Waals surface area (Å²) in [5.41, 5.74) is 2.26. The molecule has 0 saturated carbocycles. The van der Waals surface area contributed by atoms with Gasteiger partial charge in [0.05, 0.1) is 33.9 Å². The highest BCUT2D eigenvalue weighted by Crippen LogP contribution is 2.31. The summed E-state index contributed by atoms with van der Waals surface area (Å²) < 4.78 is 16.3. The smallest absolute Gasteiger partial charge is 0.191 e. The minimum absolute atomic E-state index is 0.276. The molecule has 3 rings (SSSR count). The van der Waals surface area contributed by atoms with E-state index in [-0.39, 0.29) is 6.04 Å². The van der Waals surface area contributed by atoms with Crippen LogP contribution in [0.15, 0.2) is 47.5 Å². The number of nitrogens with zero attached hydrogens (tertiary/aromatic N) is 2. The normalized spacial score (nSPS) is 15.3. The van der Waals surface area contributed by atoms with E-state index < -0.39 is 0 Å². The maximum atomic E-state index is 5.55. The minimum atomic E-state index is 0.276. The van der Waals surface area contributed by atoms with E-state index in [1.807, 2.05) is 30.3 Å². The Hall–Kier alpha value is -2.93. The summed E-state index contributed by atoms with van der Waals surface area (Å²) in [6.07, 6.45) is 2.49. The molecule has 7 nitrogen and oxygen atoms in total. The van der Waals surface area contributed by atoms with Crippen molar-refractivity contribution in [3.63, 3.8) is 0 Å². The van der Waals surface area contributed by atoms with E-state index in [0.717, 1.165) is 49.2 Å². The molecular formula is C25H36N4O3. The molecule has 32 heavy (non-hydrogen) atoms. The van der Waals surface area contributed by atoms with Crippen molar-refractivity contribution in [3.05, 3.63) is 53.6 Å². The summed E-state index contributed by atoms with van der Waals surface area (Å²) >= 11 is 0. The Bertz CT molecular complexity index is 864. The summed E-state index contributed by atoms with van der Waals surface area (Å²) in [5.74, 6) is 3.11. The van der Waals surface area contributed by atoms with Crippen molar-refractivity contribution >= 4 is 5.96 Å². The third kappa shape index (κ3) is 6.07. The number of likely N-dealkylation sites (tertiary alicyclic amines) is 1. The lowest BCUT2D eigenvalue weighted by Gasteiger charge is -2.29. The van der Waals surface area contributed by atoms with Crippen molar-refractivity contribution in [3.8, 4) is 17.2 Å². The lowest BCUT2D eigenvalue weighted by molar-refractivity contribution is 0.245. The van der Waals surface area contributed by atoms with Gasteiger partial charge in [0.1, 0.15) is 5.75 Å². The van der Waals surface area contributed by atoms with Crippen LogP contribution in [0.25, 0.3) is 0 Å². The number of para-hydroxylation sites is 1. The Morgan fingerprint density at radius 1 is 0.969 bits per heavy atom. The Morgan fingerprint density at radius 3 is 2.34 bits per heavy atom. The van der Waals surface area contributed by atoms with Gasteiger partial charge in [0.2, 0.25) is 0 Å². The van der Waals surface area contributed by atoms with E-state index in [0.29, 0.717) is 12.3 Å². The quantitative estimate of drug-likeness (QED) is 0.435. The molecule has 1 fully saturated rings. The lowest BCUT2D eigenvalue weighted by Crippen LogP contribution is -2.42. The molecule has 1 saturated heterocycles. The van der Waals surface area contributed by atoms with Gasteiger partial charge in [0, 0.05) is 18.7 Å². The number of ether oxygens (including phenoxy) is 3. The molecule has 0 amide bonds. The number of nitrogens with one attached hydrogen (secondary N) is 2. The second kappa shape index (κ2) is 12.2. The first-order valence-corrected chi connectivity index (χ1v) is 11.3. The van der Waals surface area contributed by atoms with E-state index in [4.69, 9.17) is 19.2 Å². The molecule has 1 aliphatic rings. The molecule has 0 aliphatic carbocycles. The number of guanidine groups is 1. The summed E-state index contributed by atoms with van der Waals surface area (Å²) in [6.45, 7) is 6.36. The zero-order valence-electron chi connectivity index (χ0n) is 19.7. The number of rotatable bonds is 10. The second-order valence-corrected chi connectivity index (χ2v) is 7.76. The molecule has 1 heterocycles. The summed E-state index contributed by atoms with van der Waals surface area (Å²) in [5, 5.41) is 6.92. The molecule has 0 spiro atoms. The van der Waals surface area contributed by atoms with Gasteiger partial charge in [-0.1, -0.05) is 24.3 Å². The molecule has 2 aromatic rings. The van der Waals surface area contributed by atoms with Gasteiger partial charge in [-0.2, -0.15) is 0 Å². The average molecular weight is 441 g/mol. The van der Waals surface area contributed by atoms with Gasteiger partial charge in [-0.3, -0.25) is 4.90 Å². The van der Waals surface area contributed by atoms with Crippen molar-refractivity contribution in [2.45, 2.75) is 32.4 Å². The first-order valence-electron chi connectivity index (χ1n) is 11.3. The molecule has 174 valence electrons. The Kier molecular flexibility index (Phi) is 9.04. The third-order valence-corrected chi connectivity index (χ3v) is 5.78. The van der Waals surface area contributed by atoms with Gasteiger partial charge in [0.15, 0.2) is 17.5 Å². The zero-order chi connectivity index (χ0) is 22.8. The minimum Gasteiger partial charge on any atom is -0.497 e. The van der Waals surface area contributed by atoms with Crippen molar-refractivity contribution < 1.29 is 14.2 Å². The maximum Gasteiger partial charge on any atom is 0.191 e. The fourth-order valence-corrected chi connectivity index (χ4v) is 4.11.